The first-order chi connectivity index (χ1) is 7.28. The minimum Gasteiger partial charge on any atom is -0.429 e. The van der Waals surface area contributed by atoms with Crippen LogP contribution in [0.4, 0.5) is 0 Å². The van der Waals surface area contributed by atoms with Crippen LogP contribution in [0.1, 0.15) is 10.6 Å². The second-order valence-electron chi connectivity index (χ2n) is 2.96. The van der Waals surface area contributed by atoms with E-state index in [2.05, 4.69) is 9.97 Å². The van der Waals surface area contributed by atoms with Gasteiger partial charge in [0.15, 0.2) is 0 Å². The summed E-state index contributed by atoms with van der Waals surface area (Å²) in [5.74, 6) is 1.16. The molecule has 0 atom stereocenters. The van der Waals surface area contributed by atoms with Crippen LogP contribution in [-0.2, 0) is 5.88 Å². The number of ether oxygens (including phenoxy) is 1. The highest BCUT2D eigenvalue weighted by molar-refractivity contribution is 7.13. The number of alkyl halides is 1. The van der Waals surface area contributed by atoms with E-state index in [4.69, 9.17) is 16.3 Å². The SMILES string of the molecule is Cc1ccc(Oc2ncc(CCl)s2)cn1. The van der Waals surface area contributed by atoms with Crippen LogP contribution in [0, 0.1) is 6.92 Å². The Morgan fingerprint density at radius 2 is 2.20 bits per heavy atom. The lowest BCUT2D eigenvalue weighted by molar-refractivity contribution is 0.476. The van der Waals surface area contributed by atoms with Gasteiger partial charge < -0.3 is 4.74 Å². The molecule has 5 heteroatoms. The van der Waals surface area contributed by atoms with Crippen LogP contribution in [0.25, 0.3) is 0 Å². The third kappa shape index (κ3) is 2.67. The van der Waals surface area contributed by atoms with Gasteiger partial charge in [-0.2, -0.15) is 0 Å². The number of pyridine rings is 1. The molecular formula is C10H9ClN2OS. The summed E-state index contributed by atoms with van der Waals surface area (Å²) in [6.07, 6.45) is 3.39. The van der Waals surface area contributed by atoms with Crippen LogP contribution in [0.15, 0.2) is 24.5 Å². The zero-order chi connectivity index (χ0) is 10.7. The molecule has 15 heavy (non-hydrogen) atoms. The molecule has 2 heterocycles. The molecule has 0 radical (unpaired) electrons. The molecule has 0 aliphatic heterocycles. The lowest BCUT2D eigenvalue weighted by atomic mass is 10.4. The number of aromatic nitrogens is 2. The van der Waals surface area contributed by atoms with Crippen LogP contribution in [0.2, 0.25) is 0 Å². The Morgan fingerprint density at radius 3 is 2.80 bits per heavy atom. The van der Waals surface area contributed by atoms with Gasteiger partial charge in [-0.3, -0.25) is 4.98 Å². The maximum absolute atomic E-state index is 5.67. The first-order valence-corrected chi connectivity index (χ1v) is 5.74. The molecule has 2 aromatic rings. The van der Waals surface area contributed by atoms with Crippen LogP contribution in [-0.4, -0.2) is 9.97 Å². The highest BCUT2D eigenvalue weighted by Crippen LogP contribution is 2.26. The highest BCUT2D eigenvalue weighted by Gasteiger charge is 2.03. The summed E-state index contributed by atoms with van der Waals surface area (Å²) in [7, 11) is 0. The number of aryl methyl sites for hydroxylation is 1. The zero-order valence-corrected chi connectivity index (χ0v) is 9.68. The molecule has 0 saturated heterocycles. The maximum Gasteiger partial charge on any atom is 0.278 e. The molecule has 3 nitrogen and oxygen atoms in total. The first-order valence-electron chi connectivity index (χ1n) is 4.39. The van der Waals surface area contributed by atoms with Crippen LogP contribution in [0.5, 0.6) is 10.9 Å². The third-order valence-electron chi connectivity index (χ3n) is 1.75. The standard InChI is InChI=1S/C10H9ClN2OS/c1-7-2-3-8(5-12-7)14-10-13-6-9(4-11)15-10/h2-3,5-6H,4H2,1H3. The van der Waals surface area contributed by atoms with E-state index in [0.29, 0.717) is 16.8 Å². The summed E-state index contributed by atoms with van der Waals surface area (Å²) in [6, 6.07) is 3.76. The van der Waals surface area contributed by atoms with Crippen LogP contribution < -0.4 is 4.74 Å². The van der Waals surface area contributed by atoms with E-state index in [-0.39, 0.29) is 0 Å². The van der Waals surface area contributed by atoms with Crippen molar-refractivity contribution in [1.29, 1.82) is 0 Å². The van der Waals surface area contributed by atoms with Crippen molar-refractivity contribution in [2.24, 2.45) is 0 Å². The molecule has 0 aliphatic rings. The van der Waals surface area contributed by atoms with E-state index < -0.39 is 0 Å². The largest absolute Gasteiger partial charge is 0.429 e. The molecule has 2 rings (SSSR count). The average Bonchev–Trinajstić information content (AvgIpc) is 2.69. The molecule has 2 aromatic heterocycles. The van der Waals surface area contributed by atoms with Crippen molar-refractivity contribution in [2.45, 2.75) is 12.8 Å². The van der Waals surface area contributed by atoms with Crippen molar-refractivity contribution >= 4 is 22.9 Å². The van der Waals surface area contributed by atoms with Gasteiger partial charge in [-0.1, -0.05) is 11.3 Å². The summed E-state index contributed by atoms with van der Waals surface area (Å²) in [5, 5.41) is 0.594. The van der Waals surface area contributed by atoms with Crippen molar-refractivity contribution in [3.8, 4) is 10.9 Å². The molecule has 78 valence electrons. The maximum atomic E-state index is 5.67. The van der Waals surface area contributed by atoms with Gasteiger partial charge in [0.1, 0.15) is 5.75 Å². The van der Waals surface area contributed by atoms with E-state index in [1.165, 1.54) is 11.3 Å². The van der Waals surface area contributed by atoms with Gasteiger partial charge in [0.2, 0.25) is 0 Å². The first kappa shape index (κ1) is 10.4. The van der Waals surface area contributed by atoms with Gasteiger partial charge in [-0.15, -0.1) is 11.6 Å². The van der Waals surface area contributed by atoms with E-state index >= 15 is 0 Å². The van der Waals surface area contributed by atoms with Gasteiger partial charge >= 0.3 is 0 Å². The fourth-order valence-electron chi connectivity index (χ4n) is 1.01. The highest BCUT2D eigenvalue weighted by atomic mass is 35.5. The molecule has 0 fully saturated rings. The van der Waals surface area contributed by atoms with E-state index in [9.17, 15) is 0 Å². The van der Waals surface area contributed by atoms with E-state index in [0.717, 1.165) is 10.6 Å². The molecule has 0 unspecified atom stereocenters. The van der Waals surface area contributed by atoms with Gasteiger partial charge in [0.25, 0.3) is 5.19 Å². The fourth-order valence-corrected chi connectivity index (χ4v) is 1.87. The molecule has 0 N–H and O–H groups in total. The van der Waals surface area contributed by atoms with E-state index in [1.807, 2.05) is 19.1 Å². The second-order valence-corrected chi connectivity index (χ2v) is 4.31. The van der Waals surface area contributed by atoms with E-state index in [1.54, 1.807) is 12.4 Å². The summed E-state index contributed by atoms with van der Waals surface area (Å²) in [6.45, 7) is 1.93. The Balaban J connectivity index is 2.11. The Hall–Kier alpha value is -1.13. The average molecular weight is 241 g/mol. The van der Waals surface area contributed by atoms with Crippen molar-refractivity contribution < 1.29 is 4.74 Å². The third-order valence-corrected chi connectivity index (χ3v) is 3.08. The molecule has 0 aromatic carbocycles. The predicted molar refractivity (Wildman–Crippen MR) is 60.7 cm³/mol. The van der Waals surface area contributed by atoms with Crippen molar-refractivity contribution in [1.82, 2.24) is 9.97 Å². The van der Waals surface area contributed by atoms with Gasteiger partial charge in [-0.05, 0) is 19.1 Å². The Labute approximate surface area is 96.7 Å². The van der Waals surface area contributed by atoms with Crippen LogP contribution in [0.3, 0.4) is 0 Å². The zero-order valence-electron chi connectivity index (χ0n) is 8.11. The minimum absolute atomic E-state index is 0.465. The number of hydrogen-bond acceptors (Lipinski definition) is 4. The smallest absolute Gasteiger partial charge is 0.278 e. The normalized spacial score (nSPS) is 10.3. The quantitative estimate of drug-likeness (QED) is 0.772. The van der Waals surface area contributed by atoms with Gasteiger partial charge in [0.05, 0.1) is 12.1 Å². The fraction of sp³-hybridized carbons (Fsp3) is 0.200. The van der Waals surface area contributed by atoms with Gasteiger partial charge in [0, 0.05) is 16.8 Å². The molecule has 0 bridgehead atoms. The minimum atomic E-state index is 0.465. The lowest BCUT2D eigenvalue weighted by Gasteiger charge is -2.00. The Kier molecular flexibility index (Phi) is 3.18. The summed E-state index contributed by atoms with van der Waals surface area (Å²) in [5.41, 5.74) is 0.961. The Morgan fingerprint density at radius 1 is 1.33 bits per heavy atom. The van der Waals surface area contributed by atoms with Crippen LogP contribution >= 0.6 is 22.9 Å². The second kappa shape index (κ2) is 4.59. The number of hydrogen-bond donors (Lipinski definition) is 0. The number of thiazole rings is 1. The monoisotopic (exact) mass is 240 g/mol. The molecule has 0 saturated carbocycles. The molecule has 0 aliphatic carbocycles. The molecular weight excluding hydrogens is 232 g/mol. The summed E-state index contributed by atoms with van der Waals surface area (Å²) in [4.78, 5) is 9.21. The van der Waals surface area contributed by atoms with Gasteiger partial charge in [-0.25, -0.2) is 4.98 Å². The number of rotatable bonds is 3. The Bertz CT molecular complexity index is 441. The predicted octanol–water partition coefficient (Wildman–Crippen LogP) is 3.38. The molecule has 0 spiro atoms. The topological polar surface area (TPSA) is 35.0 Å². The van der Waals surface area contributed by atoms with Crippen molar-refractivity contribution in [3.63, 3.8) is 0 Å². The number of halogens is 1. The summed E-state index contributed by atoms with van der Waals surface area (Å²) < 4.78 is 5.50. The summed E-state index contributed by atoms with van der Waals surface area (Å²) >= 11 is 7.11. The van der Waals surface area contributed by atoms with Crippen molar-refractivity contribution in [3.05, 3.63) is 35.1 Å². The molecule has 0 amide bonds. The lowest BCUT2D eigenvalue weighted by Crippen LogP contribution is -1.85. The van der Waals surface area contributed by atoms with Crippen molar-refractivity contribution in [2.75, 3.05) is 0 Å². The number of nitrogens with zero attached hydrogens (tertiary/aromatic N) is 2.